The molecule has 0 fully saturated rings. The number of esters is 1. The summed E-state index contributed by atoms with van der Waals surface area (Å²) in [6.45, 7) is 11.6. The SMILES string of the molecule is CCNC(=O)c1ccc(CN=C(NCC)NC(C)c2nc(C)c(C(=O)OCC)s2)cc1. The molecule has 0 aliphatic carbocycles. The van der Waals surface area contributed by atoms with Crippen molar-refractivity contribution in [2.75, 3.05) is 19.7 Å². The maximum Gasteiger partial charge on any atom is 0.350 e. The Morgan fingerprint density at radius 2 is 1.81 bits per heavy atom. The Morgan fingerprint density at radius 1 is 1.13 bits per heavy atom. The summed E-state index contributed by atoms with van der Waals surface area (Å²) in [5.74, 6) is 0.225. The molecule has 0 aliphatic rings. The molecule has 1 heterocycles. The van der Waals surface area contributed by atoms with Crippen molar-refractivity contribution in [1.82, 2.24) is 20.9 Å². The van der Waals surface area contributed by atoms with Gasteiger partial charge in [-0.1, -0.05) is 12.1 Å². The van der Waals surface area contributed by atoms with Crippen LogP contribution in [-0.2, 0) is 11.3 Å². The number of carbonyl (C=O) groups is 2. The first-order chi connectivity index (χ1) is 14.9. The van der Waals surface area contributed by atoms with Gasteiger partial charge in [-0.3, -0.25) is 4.79 Å². The molecular weight excluding hydrogens is 414 g/mol. The molecule has 0 radical (unpaired) electrons. The van der Waals surface area contributed by atoms with Crippen molar-refractivity contribution in [3.63, 3.8) is 0 Å². The first kappa shape index (κ1) is 24.3. The van der Waals surface area contributed by atoms with Crippen molar-refractivity contribution in [2.45, 2.75) is 47.2 Å². The lowest BCUT2D eigenvalue weighted by Crippen LogP contribution is -2.38. The van der Waals surface area contributed by atoms with Gasteiger partial charge in [0, 0.05) is 18.7 Å². The van der Waals surface area contributed by atoms with Crippen LogP contribution in [0.15, 0.2) is 29.3 Å². The Labute approximate surface area is 187 Å². The van der Waals surface area contributed by atoms with Crippen molar-refractivity contribution < 1.29 is 14.3 Å². The van der Waals surface area contributed by atoms with Crippen LogP contribution in [0, 0.1) is 6.92 Å². The number of benzene rings is 1. The van der Waals surface area contributed by atoms with Gasteiger partial charge in [0.15, 0.2) is 5.96 Å². The number of aliphatic imine (C=N–C) groups is 1. The van der Waals surface area contributed by atoms with Crippen molar-refractivity contribution in [3.05, 3.63) is 51.0 Å². The average Bonchev–Trinajstić information content (AvgIpc) is 3.15. The van der Waals surface area contributed by atoms with Crippen LogP contribution in [0.3, 0.4) is 0 Å². The van der Waals surface area contributed by atoms with E-state index >= 15 is 0 Å². The lowest BCUT2D eigenvalue weighted by atomic mass is 10.1. The summed E-state index contributed by atoms with van der Waals surface area (Å²) in [6, 6.07) is 7.26. The Balaban J connectivity index is 2.06. The predicted molar refractivity (Wildman–Crippen MR) is 124 cm³/mol. The van der Waals surface area contributed by atoms with Crippen molar-refractivity contribution in [1.29, 1.82) is 0 Å². The van der Waals surface area contributed by atoms with Crippen LogP contribution in [-0.4, -0.2) is 42.5 Å². The van der Waals surface area contributed by atoms with Crippen molar-refractivity contribution in [3.8, 4) is 0 Å². The van der Waals surface area contributed by atoms with Gasteiger partial charge < -0.3 is 20.7 Å². The molecule has 3 N–H and O–H groups in total. The smallest absolute Gasteiger partial charge is 0.350 e. The Bertz CT molecular complexity index is 908. The van der Waals surface area contributed by atoms with E-state index in [-0.39, 0.29) is 17.9 Å². The number of nitrogens with zero attached hydrogens (tertiary/aromatic N) is 2. The number of nitrogens with one attached hydrogen (secondary N) is 3. The highest BCUT2D eigenvalue weighted by Gasteiger charge is 2.20. The number of thiazole rings is 1. The van der Waals surface area contributed by atoms with Crippen LogP contribution in [0.5, 0.6) is 0 Å². The molecule has 1 aromatic carbocycles. The van der Waals surface area contributed by atoms with E-state index in [4.69, 9.17) is 4.74 Å². The summed E-state index contributed by atoms with van der Waals surface area (Å²) in [5.41, 5.74) is 2.29. The lowest BCUT2D eigenvalue weighted by Gasteiger charge is -2.16. The van der Waals surface area contributed by atoms with Crippen molar-refractivity contribution in [2.24, 2.45) is 4.99 Å². The average molecular weight is 446 g/mol. The normalized spacial score (nSPS) is 12.2. The fourth-order valence-corrected chi connectivity index (χ4v) is 3.73. The minimum Gasteiger partial charge on any atom is -0.462 e. The van der Waals surface area contributed by atoms with Gasteiger partial charge in [0.2, 0.25) is 0 Å². The third-order valence-electron chi connectivity index (χ3n) is 4.32. The minimum absolute atomic E-state index is 0.0812. The molecule has 0 spiro atoms. The van der Waals surface area contributed by atoms with E-state index in [9.17, 15) is 9.59 Å². The largest absolute Gasteiger partial charge is 0.462 e. The number of aromatic nitrogens is 1. The first-order valence-electron chi connectivity index (χ1n) is 10.5. The fraction of sp³-hybridized carbons (Fsp3) is 0.455. The van der Waals surface area contributed by atoms with E-state index in [1.54, 1.807) is 19.1 Å². The highest BCUT2D eigenvalue weighted by molar-refractivity contribution is 7.13. The maximum absolute atomic E-state index is 12.1. The van der Waals surface area contributed by atoms with Crippen LogP contribution >= 0.6 is 11.3 Å². The van der Waals surface area contributed by atoms with Gasteiger partial charge in [-0.25, -0.2) is 14.8 Å². The first-order valence-corrected chi connectivity index (χ1v) is 11.3. The molecule has 168 valence electrons. The lowest BCUT2D eigenvalue weighted by molar-refractivity contribution is 0.0531. The third kappa shape index (κ3) is 7.06. The second-order valence-electron chi connectivity index (χ2n) is 6.80. The molecule has 1 aromatic heterocycles. The highest BCUT2D eigenvalue weighted by Crippen LogP contribution is 2.24. The van der Waals surface area contributed by atoms with Crippen molar-refractivity contribution >= 4 is 29.2 Å². The van der Waals surface area contributed by atoms with Gasteiger partial charge in [-0.2, -0.15) is 0 Å². The number of aryl methyl sites for hydroxylation is 1. The zero-order chi connectivity index (χ0) is 22.8. The van der Waals surface area contributed by atoms with Crippen LogP contribution in [0.2, 0.25) is 0 Å². The summed E-state index contributed by atoms with van der Waals surface area (Å²) in [6.07, 6.45) is 0. The van der Waals surface area contributed by atoms with Crippen LogP contribution in [0.4, 0.5) is 0 Å². The summed E-state index contributed by atoms with van der Waals surface area (Å²) in [5, 5.41) is 10.1. The number of amides is 1. The van der Waals surface area contributed by atoms with Gasteiger partial charge in [0.25, 0.3) is 5.91 Å². The zero-order valence-electron chi connectivity index (χ0n) is 18.7. The molecule has 2 rings (SSSR count). The van der Waals surface area contributed by atoms with Crippen LogP contribution in [0.1, 0.15) is 70.0 Å². The molecule has 1 atom stereocenters. The number of hydrogen-bond acceptors (Lipinski definition) is 6. The van der Waals surface area contributed by atoms with E-state index < -0.39 is 0 Å². The molecule has 9 heteroatoms. The molecule has 2 aromatic rings. The predicted octanol–water partition coefficient (Wildman–Crippen LogP) is 3.19. The second-order valence-corrected chi connectivity index (χ2v) is 7.84. The number of carbonyl (C=O) groups excluding carboxylic acids is 2. The molecule has 0 saturated heterocycles. The maximum atomic E-state index is 12.1. The summed E-state index contributed by atoms with van der Waals surface area (Å²) < 4.78 is 5.10. The minimum atomic E-state index is -0.340. The van der Waals surface area contributed by atoms with E-state index in [0.717, 1.165) is 10.6 Å². The van der Waals surface area contributed by atoms with Gasteiger partial charge in [0.1, 0.15) is 9.88 Å². The van der Waals surface area contributed by atoms with E-state index in [0.29, 0.717) is 48.3 Å². The Hall–Kier alpha value is -2.94. The van der Waals surface area contributed by atoms with Gasteiger partial charge in [-0.15, -0.1) is 11.3 Å². The van der Waals surface area contributed by atoms with Gasteiger partial charge in [0.05, 0.1) is 24.9 Å². The summed E-state index contributed by atoms with van der Waals surface area (Å²) >= 11 is 1.33. The second kappa shape index (κ2) is 12.0. The summed E-state index contributed by atoms with van der Waals surface area (Å²) in [7, 11) is 0. The summed E-state index contributed by atoms with van der Waals surface area (Å²) in [4.78, 5) is 33.6. The number of hydrogen-bond donors (Lipinski definition) is 3. The fourth-order valence-electron chi connectivity index (χ4n) is 2.77. The quantitative estimate of drug-likeness (QED) is 0.311. The van der Waals surface area contributed by atoms with Gasteiger partial charge >= 0.3 is 5.97 Å². The monoisotopic (exact) mass is 445 g/mol. The molecule has 1 amide bonds. The molecular formula is C22H31N5O3S. The highest BCUT2D eigenvalue weighted by atomic mass is 32.1. The number of ether oxygens (including phenoxy) is 1. The molecule has 31 heavy (non-hydrogen) atoms. The van der Waals surface area contributed by atoms with E-state index in [1.165, 1.54) is 11.3 Å². The van der Waals surface area contributed by atoms with Gasteiger partial charge in [-0.05, 0) is 52.3 Å². The van der Waals surface area contributed by atoms with Crippen LogP contribution < -0.4 is 16.0 Å². The topological polar surface area (TPSA) is 105 Å². The van der Waals surface area contributed by atoms with E-state index in [1.807, 2.05) is 39.8 Å². The Morgan fingerprint density at radius 3 is 2.42 bits per heavy atom. The zero-order valence-corrected chi connectivity index (χ0v) is 19.6. The standard InChI is InChI=1S/C22H31N5O3S/c1-6-23-19(28)17-11-9-16(10-12-17)13-25-22(24-7-2)27-15(5)20-26-14(4)18(31-20)21(29)30-8-3/h9-12,15H,6-8,13H2,1-5H3,(H,23,28)(H2,24,25,27). The Kier molecular flexibility index (Phi) is 9.45. The molecule has 8 nitrogen and oxygen atoms in total. The van der Waals surface area contributed by atoms with E-state index in [2.05, 4.69) is 25.9 Å². The number of rotatable bonds is 9. The molecule has 0 saturated carbocycles. The number of guanidine groups is 1. The molecule has 0 aliphatic heterocycles. The third-order valence-corrected chi connectivity index (χ3v) is 5.64. The molecule has 0 bridgehead atoms. The van der Waals surface area contributed by atoms with Crippen LogP contribution in [0.25, 0.3) is 0 Å². The molecule has 1 unspecified atom stereocenters.